The van der Waals surface area contributed by atoms with Crippen molar-refractivity contribution in [1.29, 1.82) is 0 Å². The van der Waals surface area contributed by atoms with Gasteiger partial charge in [0, 0.05) is 18.0 Å². The standard InChI is InChI=1S/C29H25N3O5S/c1-4-14-37-21-9-7-19(16-22(21)36-5-2)25-24(26(33)18-10-12-30-13-11-18)27(34)28(35)32(25)29-31-20-8-6-17(3)15-23(20)38-29/h4,6-13,15-16,25,33H,1,5,14H2,2-3H3/b26-24+. The van der Waals surface area contributed by atoms with Crippen LogP contribution in [0.1, 0.15) is 29.7 Å². The van der Waals surface area contributed by atoms with Crippen LogP contribution in [0.2, 0.25) is 0 Å². The van der Waals surface area contributed by atoms with Crippen LogP contribution in [0, 0.1) is 6.92 Å². The molecule has 5 rings (SSSR count). The number of ketones is 1. The zero-order chi connectivity index (χ0) is 26.8. The zero-order valence-corrected chi connectivity index (χ0v) is 21.7. The smallest absolute Gasteiger partial charge is 0.301 e. The number of hydrogen-bond acceptors (Lipinski definition) is 8. The number of aryl methyl sites for hydroxylation is 1. The van der Waals surface area contributed by atoms with Crippen LogP contribution in [0.15, 0.2) is 79.2 Å². The lowest BCUT2D eigenvalue weighted by Gasteiger charge is -2.24. The molecule has 4 aromatic rings. The summed E-state index contributed by atoms with van der Waals surface area (Å²) in [5.41, 5.74) is 2.66. The van der Waals surface area contributed by atoms with Gasteiger partial charge in [0.2, 0.25) is 0 Å². The number of carbonyl (C=O) groups is 2. The van der Waals surface area contributed by atoms with Crippen molar-refractivity contribution in [3.05, 3.63) is 95.8 Å². The van der Waals surface area contributed by atoms with E-state index >= 15 is 0 Å². The Bertz CT molecular complexity index is 1580. The number of benzene rings is 2. The number of aromatic nitrogens is 2. The van der Waals surface area contributed by atoms with E-state index in [1.54, 1.807) is 36.4 Å². The molecule has 1 aliphatic heterocycles. The van der Waals surface area contributed by atoms with Crippen LogP contribution in [-0.2, 0) is 9.59 Å². The van der Waals surface area contributed by atoms with Crippen molar-refractivity contribution in [3.8, 4) is 11.5 Å². The normalized spacial score (nSPS) is 16.7. The van der Waals surface area contributed by atoms with Gasteiger partial charge in [-0.05, 0) is 61.4 Å². The van der Waals surface area contributed by atoms with Gasteiger partial charge in [-0.15, -0.1) is 0 Å². The summed E-state index contributed by atoms with van der Waals surface area (Å²) >= 11 is 1.31. The van der Waals surface area contributed by atoms with Crippen molar-refractivity contribution in [2.24, 2.45) is 0 Å². The fraction of sp³-hybridized carbons (Fsp3) is 0.172. The lowest BCUT2D eigenvalue weighted by molar-refractivity contribution is -0.132. The van der Waals surface area contributed by atoms with E-state index in [1.807, 2.05) is 32.0 Å². The van der Waals surface area contributed by atoms with Crippen molar-refractivity contribution >= 4 is 44.1 Å². The first-order valence-corrected chi connectivity index (χ1v) is 12.8. The third-order valence-corrected chi connectivity index (χ3v) is 7.09. The molecule has 0 aliphatic carbocycles. The van der Waals surface area contributed by atoms with Crippen molar-refractivity contribution < 1.29 is 24.2 Å². The fourth-order valence-corrected chi connectivity index (χ4v) is 5.45. The second-order valence-electron chi connectivity index (χ2n) is 8.61. The Morgan fingerprint density at radius 2 is 1.89 bits per heavy atom. The molecule has 0 saturated carbocycles. The van der Waals surface area contributed by atoms with Crippen molar-refractivity contribution in [1.82, 2.24) is 9.97 Å². The molecule has 1 fully saturated rings. The van der Waals surface area contributed by atoms with Crippen LogP contribution < -0.4 is 14.4 Å². The minimum atomic E-state index is -0.947. The van der Waals surface area contributed by atoms with E-state index in [-0.39, 0.29) is 17.9 Å². The minimum Gasteiger partial charge on any atom is -0.507 e. The third kappa shape index (κ3) is 4.52. The molecule has 192 valence electrons. The van der Waals surface area contributed by atoms with Crippen molar-refractivity contribution in [2.45, 2.75) is 19.9 Å². The van der Waals surface area contributed by atoms with E-state index in [9.17, 15) is 14.7 Å². The maximum absolute atomic E-state index is 13.5. The molecule has 3 heterocycles. The Hall–Kier alpha value is -4.50. The van der Waals surface area contributed by atoms with Crippen LogP contribution >= 0.6 is 11.3 Å². The molecule has 1 unspecified atom stereocenters. The number of thiazole rings is 1. The summed E-state index contributed by atoms with van der Waals surface area (Å²) in [5, 5.41) is 11.7. The van der Waals surface area contributed by atoms with Crippen LogP contribution in [0.5, 0.6) is 11.5 Å². The number of hydrogen-bond donors (Lipinski definition) is 1. The molecule has 0 radical (unpaired) electrons. The maximum Gasteiger partial charge on any atom is 0.301 e. The van der Waals surface area contributed by atoms with Gasteiger partial charge in [-0.25, -0.2) is 4.98 Å². The van der Waals surface area contributed by atoms with Crippen LogP contribution in [0.25, 0.3) is 16.0 Å². The van der Waals surface area contributed by atoms with Gasteiger partial charge < -0.3 is 14.6 Å². The summed E-state index contributed by atoms with van der Waals surface area (Å²) in [6.45, 7) is 8.17. The molecular formula is C29H25N3O5S. The molecule has 8 nitrogen and oxygen atoms in total. The number of Topliss-reactive ketones (excluding diaryl/α,β-unsaturated/α-hetero) is 1. The molecule has 9 heteroatoms. The number of pyridine rings is 1. The van der Waals surface area contributed by atoms with Gasteiger partial charge in [-0.2, -0.15) is 0 Å². The maximum atomic E-state index is 13.5. The predicted octanol–water partition coefficient (Wildman–Crippen LogP) is 5.59. The number of rotatable bonds is 8. The van der Waals surface area contributed by atoms with Crippen LogP contribution in [0.3, 0.4) is 0 Å². The Balaban J connectivity index is 1.72. The Labute approximate surface area is 223 Å². The first kappa shape index (κ1) is 25.2. The first-order valence-electron chi connectivity index (χ1n) is 12.0. The van der Waals surface area contributed by atoms with Gasteiger partial charge in [-0.1, -0.05) is 36.1 Å². The van der Waals surface area contributed by atoms with Gasteiger partial charge in [0.05, 0.1) is 28.4 Å². The predicted molar refractivity (Wildman–Crippen MR) is 147 cm³/mol. The SMILES string of the molecule is C=CCOc1ccc(C2/C(=C(\O)c3ccncc3)C(=O)C(=O)N2c2nc3ccc(C)cc3s2)cc1OCC. The number of nitrogens with zero attached hydrogens (tertiary/aromatic N) is 3. The van der Waals surface area contributed by atoms with Gasteiger partial charge in [0.15, 0.2) is 16.6 Å². The highest BCUT2D eigenvalue weighted by atomic mass is 32.1. The lowest BCUT2D eigenvalue weighted by atomic mass is 9.95. The highest BCUT2D eigenvalue weighted by Crippen LogP contribution is 2.46. The van der Waals surface area contributed by atoms with E-state index in [4.69, 9.17) is 9.47 Å². The molecule has 2 aromatic carbocycles. The highest BCUT2D eigenvalue weighted by Gasteiger charge is 2.48. The molecule has 1 atom stereocenters. The van der Waals surface area contributed by atoms with Crippen molar-refractivity contribution in [3.63, 3.8) is 0 Å². The number of fused-ring (bicyclic) bond motifs is 1. The molecular weight excluding hydrogens is 502 g/mol. The Morgan fingerprint density at radius 1 is 1.11 bits per heavy atom. The second-order valence-corrected chi connectivity index (χ2v) is 9.62. The summed E-state index contributed by atoms with van der Waals surface area (Å²) in [5.74, 6) is -0.922. The molecule has 1 amide bonds. The summed E-state index contributed by atoms with van der Waals surface area (Å²) in [4.78, 5) is 37.0. The lowest BCUT2D eigenvalue weighted by Crippen LogP contribution is -2.29. The quantitative estimate of drug-likeness (QED) is 0.138. The van der Waals surface area contributed by atoms with Gasteiger partial charge in [0.1, 0.15) is 12.4 Å². The van der Waals surface area contributed by atoms with E-state index in [0.717, 1.165) is 10.3 Å². The van der Waals surface area contributed by atoms with Gasteiger partial charge >= 0.3 is 5.91 Å². The summed E-state index contributed by atoms with van der Waals surface area (Å²) < 4.78 is 12.4. The van der Waals surface area contributed by atoms with E-state index in [2.05, 4.69) is 16.5 Å². The number of anilines is 1. The highest BCUT2D eigenvalue weighted by molar-refractivity contribution is 7.22. The molecule has 0 spiro atoms. The number of aliphatic hydroxyl groups is 1. The zero-order valence-electron chi connectivity index (χ0n) is 20.9. The fourth-order valence-electron chi connectivity index (χ4n) is 4.36. The van der Waals surface area contributed by atoms with Crippen LogP contribution in [0.4, 0.5) is 5.13 Å². The summed E-state index contributed by atoms with van der Waals surface area (Å²) in [7, 11) is 0. The van der Waals surface area contributed by atoms with Crippen molar-refractivity contribution in [2.75, 3.05) is 18.1 Å². The Kier molecular flexibility index (Phi) is 6.93. The number of carbonyl (C=O) groups excluding carboxylic acids is 2. The number of ether oxygens (including phenoxy) is 2. The third-order valence-electron chi connectivity index (χ3n) is 6.08. The molecule has 0 bridgehead atoms. The number of amides is 1. The summed E-state index contributed by atoms with van der Waals surface area (Å²) in [6, 6.07) is 13.2. The summed E-state index contributed by atoms with van der Waals surface area (Å²) in [6.07, 6.45) is 4.64. The van der Waals surface area contributed by atoms with Gasteiger partial charge in [0.25, 0.3) is 5.78 Å². The first-order chi connectivity index (χ1) is 18.4. The van der Waals surface area contributed by atoms with E-state index < -0.39 is 17.7 Å². The van der Waals surface area contributed by atoms with Crippen LogP contribution in [-0.4, -0.2) is 40.0 Å². The second kappa shape index (κ2) is 10.5. The molecule has 2 aromatic heterocycles. The molecule has 1 saturated heterocycles. The van der Waals surface area contributed by atoms with Gasteiger partial charge in [-0.3, -0.25) is 19.5 Å². The van der Waals surface area contributed by atoms with E-state index in [1.165, 1.54) is 28.6 Å². The monoisotopic (exact) mass is 527 g/mol. The average Bonchev–Trinajstić information content (AvgIpc) is 3.45. The molecule has 1 N–H and O–H groups in total. The number of aliphatic hydroxyl groups excluding tert-OH is 1. The average molecular weight is 528 g/mol. The molecule has 1 aliphatic rings. The minimum absolute atomic E-state index is 0.0427. The van der Waals surface area contributed by atoms with E-state index in [0.29, 0.717) is 39.9 Å². The molecule has 38 heavy (non-hydrogen) atoms. The largest absolute Gasteiger partial charge is 0.507 e. The Morgan fingerprint density at radius 3 is 2.63 bits per heavy atom. The topological polar surface area (TPSA) is 102 Å².